The van der Waals surface area contributed by atoms with Crippen LogP contribution in [0.25, 0.3) is 0 Å². The number of ether oxygens (including phenoxy) is 1. The lowest BCUT2D eigenvalue weighted by Gasteiger charge is -2.41. The molecule has 118 heavy (non-hydrogen) atoms. The van der Waals surface area contributed by atoms with E-state index in [-0.39, 0.29) is 79.4 Å². The molecule has 8 aliphatic heterocycles. The Morgan fingerprint density at radius 3 is 0.881 bits per heavy atom. The molecule has 4 aromatic carbocycles. The molecular formula is C96H164N6O10S6. The fraction of sp³-hybridized carbons (Fsp3) is 0.740. The quantitative estimate of drug-likeness (QED) is 0.0569. The monoisotopic (exact) mass is 1750 g/mol. The molecule has 4 aromatic rings. The van der Waals surface area contributed by atoms with E-state index >= 15 is 0 Å². The predicted octanol–water partition coefficient (Wildman–Crippen LogP) is 18.9. The minimum atomic E-state index is -3.28. The maximum Gasteiger partial charge on any atom is 0.409 e. The van der Waals surface area contributed by atoms with Crippen LogP contribution in [0.2, 0.25) is 0 Å². The molecule has 8 bridgehead atoms. The topological polar surface area (TPSA) is 214 Å². The molecule has 16 nitrogen and oxygen atoms in total. The summed E-state index contributed by atoms with van der Waals surface area (Å²) in [4.78, 5) is 16.1. The van der Waals surface area contributed by atoms with Gasteiger partial charge >= 0.3 is 6.09 Å². The second-order valence-corrected chi connectivity index (χ2v) is 50.8. The summed E-state index contributed by atoms with van der Waals surface area (Å²) in [7, 11) is -4.68. The van der Waals surface area contributed by atoms with Crippen LogP contribution in [-0.2, 0) is 93.7 Å². The first-order chi connectivity index (χ1) is 55.8. The highest BCUT2D eigenvalue weighted by Crippen LogP contribution is 2.48. The van der Waals surface area contributed by atoms with Crippen LogP contribution < -0.4 is 11.1 Å². The molecular weight excluding hydrogens is 1590 g/mol. The molecule has 0 aromatic heterocycles. The number of benzene rings is 4. The number of nitrogens with zero attached hydrogens (tertiary/aromatic N) is 4. The van der Waals surface area contributed by atoms with Gasteiger partial charge in [0.2, 0.25) is 20.0 Å². The van der Waals surface area contributed by atoms with Crippen LogP contribution >= 0.6 is 0 Å². The number of nitrogens with two attached hydrogens (primary N) is 1. The fourth-order valence-corrected chi connectivity index (χ4v) is 28.1. The van der Waals surface area contributed by atoms with Crippen LogP contribution in [0.3, 0.4) is 0 Å². The zero-order valence-corrected chi connectivity index (χ0v) is 82.4. The number of rotatable bonds is 27. The normalized spacial score (nSPS) is 26.2. The molecule has 0 aliphatic carbocycles. The highest BCUT2D eigenvalue weighted by molar-refractivity contribution is 7.89. The number of carbonyl (C=O) groups excluding carboxylic acids is 1. The van der Waals surface area contributed by atoms with Crippen LogP contribution in [0, 0.1) is 47.3 Å². The molecule has 3 N–H and O–H groups in total. The number of amides is 1. The average molecular weight is 1750 g/mol. The van der Waals surface area contributed by atoms with Crippen molar-refractivity contribution in [3.8, 4) is 0 Å². The van der Waals surface area contributed by atoms with Gasteiger partial charge in [0.25, 0.3) is 0 Å². The van der Waals surface area contributed by atoms with Gasteiger partial charge in [-0.15, -0.1) is 0 Å². The van der Waals surface area contributed by atoms with Crippen molar-refractivity contribution in [2.75, 3.05) is 68.8 Å². The predicted molar refractivity (Wildman–Crippen MR) is 505 cm³/mol. The lowest BCUT2D eigenvalue weighted by molar-refractivity contribution is 0.0608. The minimum absolute atomic E-state index is 0.0339. The summed E-state index contributed by atoms with van der Waals surface area (Å²) in [6.45, 7) is 41.5. The summed E-state index contributed by atoms with van der Waals surface area (Å²) in [6, 6.07) is 44.6. The molecule has 674 valence electrons. The number of piperidine rings is 4. The van der Waals surface area contributed by atoms with Gasteiger partial charge < -0.3 is 25.6 Å². The molecule has 8 saturated heterocycles. The highest BCUT2D eigenvalue weighted by atomic mass is 32.2. The van der Waals surface area contributed by atoms with Gasteiger partial charge in [-0.05, 0) is 295 Å². The SMILES string of the molecule is CC.CC.CC.CC.CC(C)(C)[S@](=O)C[C@@H](Cc1ccccc1)C1C[C@H]2CC[C@@H](C1)N2.CC(C)(C)[S@](=O)C[C@@H](Cc1ccccc1)C1C[C@H]2CC[C@@H](C1)N2S(=O)(=O)CCN.CN(C)CCS(=O)(=O)N1[C@@H]2CC[C@H]1CC([C@H](Cc1ccccc1)C[S@@](=O)C(C)(C)C)C2.COC(=O)N1[C@@H]2CC[C@H]1CC([C@H](Cc1ccccc1)C[S@@](=O)C(C)(C)C)C2. The van der Waals surface area contributed by atoms with Gasteiger partial charge in [0, 0.05) is 147 Å². The second kappa shape index (κ2) is 50.0. The zero-order chi connectivity index (χ0) is 88.1. The molecule has 0 saturated carbocycles. The highest BCUT2D eigenvalue weighted by Gasteiger charge is 2.51. The van der Waals surface area contributed by atoms with Crippen molar-refractivity contribution in [1.82, 2.24) is 23.7 Å². The maximum absolute atomic E-state index is 13.1. The van der Waals surface area contributed by atoms with E-state index in [4.69, 9.17) is 10.5 Å². The summed E-state index contributed by atoms with van der Waals surface area (Å²) in [6.07, 6.45) is 20.4. The lowest BCUT2D eigenvalue weighted by atomic mass is 9.79. The Bertz CT molecular complexity index is 3800. The first-order valence-electron chi connectivity index (χ1n) is 45.5. The van der Waals surface area contributed by atoms with E-state index in [2.05, 4.69) is 150 Å². The summed E-state index contributed by atoms with van der Waals surface area (Å²) in [5.41, 5.74) is 10.8. The first kappa shape index (κ1) is 105. The molecule has 0 radical (unpaired) electrons. The van der Waals surface area contributed by atoms with Gasteiger partial charge in [0.05, 0.1) is 18.6 Å². The first-order valence-corrected chi connectivity index (χ1v) is 54.0. The molecule has 0 spiro atoms. The van der Waals surface area contributed by atoms with Gasteiger partial charge in [-0.1, -0.05) is 177 Å². The number of nitrogens with one attached hydrogen (secondary N) is 1. The third kappa shape index (κ3) is 32.1. The van der Waals surface area contributed by atoms with Crippen LogP contribution in [0.15, 0.2) is 121 Å². The molecule has 8 fully saturated rings. The third-order valence-corrected chi connectivity index (χ3v) is 37.4. The molecule has 4 unspecified atom stereocenters. The molecule has 1 amide bonds. The Hall–Kier alpha value is -3.55. The summed E-state index contributed by atoms with van der Waals surface area (Å²) in [5.74, 6) is 6.79. The Labute approximate surface area is 730 Å². The molecule has 8 heterocycles. The summed E-state index contributed by atoms with van der Waals surface area (Å²) in [5, 5.41) is 3.75. The second-order valence-electron chi connectivity index (χ2n) is 37.8. The summed E-state index contributed by atoms with van der Waals surface area (Å²) < 4.78 is 111. The maximum atomic E-state index is 13.1. The third-order valence-electron chi connectivity index (χ3n) is 25.1. The van der Waals surface area contributed by atoms with Crippen LogP contribution in [0.4, 0.5) is 4.79 Å². The number of carbonyl (C=O) groups is 1. The number of sulfonamides is 2. The fourth-order valence-electron chi connectivity index (χ4n) is 19.1. The number of methoxy groups -OCH3 is 1. The smallest absolute Gasteiger partial charge is 0.409 e. The van der Waals surface area contributed by atoms with Crippen molar-refractivity contribution in [2.24, 2.45) is 53.1 Å². The Morgan fingerprint density at radius 1 is 0.407 bits per heavy atom. The van der Waals surface area contributed by atoms with Crippen molar-refractivity contribution < 1.29 is 43.2 Å². The van der Waals surface area contributed by atoms with Crippen LogP contribution in [-0.4, -0.2) is 194 Å². The van der Waals surface area contributed by atoms with Crippen LogP contribution in [0.1, 0.15) is 263 Å². The summed E-state index contributed by atoms with van der Waals surface area (Å²) >= 11 is 0. The van der Waals surface area contributed by atoms with E-state index in [0.29, 0.717) is 71.6 Å². The van der Waals surface area contributed by atoms with Crippen molar-refractivity contribution in [1.29, 1.82) is 0 Å². The van der Waals surface area contributed by atoms with E-state index in [1.165, 1.54) is 55.0 Å². The zero-order valence-electron chi connectivity index (χ0n) is 77.5. The van der Waals surface area contributed by atoms with E-state index in [0.717, 1.165) is 120 Å². The average Bonchev–Trinajstić information content (AvgIpc) is 1.61. The Morgan fingerprint density at radius 2 is 0.644 bits per heavy atom. The standard InChI is InChI=1S/C24H40N2O3S2.C22H36N2O3S2.C22H33NO3S.C20H31NOS.4C2H6/c1-24(2,3)30(27)18-21(15-19-9-7-6-8-10-19)20-16-22-11-12-23(17-20)26(22)31(28,29)14-13-25(4)5;1-22(2,3)28(25)16-19(13-17-7-5-4-6-8-17)18-14-20-9-10-21(15-18)24(20)29(26,27)12-11-23;1-22(2,3)27(25)15-18(12-16-8-6-5-7-9-16)17-13-19-10-11-20(14-17)23(19)21(24)26-4;1-20(2,3)23(22)14-17(11-15-7-5-4-6-8-15)16-12-18-9-10-19(13-16)21-18;4*1-2/h6-10,20-23H,11-18H2,1-5H3;4-8,18-21H,9-16,23H2,1-3H3;5-9,17-20H,10-15H2,1-4H3;4-8,16-19,21H,9-14H2,1-3H3;4*1-2H3/t20?,21-,22-,23+,30-;18?,19-,20-,21+,28-;17?,18-,19-,20+,27-;16?,17-,18-,19+,23-;;;;/m1111..../s1. The molecule has 20 atom stereocenters. The van der Waals surface area contributed by atoms with Gasteiger partial charge in [-0.2, -0.15) is 8.61 Å². The lowest BCUT2D eigenvalue weighted by Crippen LogP contribution is -2.50. The van der Waals surface area contributed by atoms with E-state index in [1.54, 1.807) is 4.31 Å². The van der Waals surface area contributed by atoms with E-state index < -0.39 is 63.2 Å². The van der Waals surface area contributed by atoms with Crippen molar-refractivity contribution in [3.05, 3.63) is 144 Å². The van der Waals surface area contributed by atoms with Crippen molar-refractivity contribution in [3.63, 3.8) is 0 Å². The molecule has 8 aliphatic rings. The van der Waals surface area contributed by atoms with Crippen molar-refractivity contribution in [2.45, 2.75) is 334 Å². The Kier molecular flexibility index (Phi) is 44.5. The number of hydrogen-bond donors (Lipinski definition) is 2. The van der Waals surface area contributed by atoms with Gasteiger partial charge in [0.1, 0.15) is 0 Å². The molecule has 22 heteroatoms. The van der Waals surface area contributed by atoms with Crippen LogP contribution in [0.5, 0.6) is 0 Å². The van der Waals surface area contributed by atoms with Crippen molar-refractivity contribution >= 4 is 69.3 Å². The van der Waals surface area contributed by atoms with Gasteiger partial charge in [-0.25, -0.2) is 21.6 Å². The van der Waals surface area contributed by atoms with Gasteiger partial charge in [-0.3, -0.25) is 16.8 Å². The number of fused-ring (bicyclic) bond motifs is 8. The van der Waals surface area contributed by atoms with Gasteiger partial charge in [0.15, 0.2) is 0 Å². The number of hydrogen-bond acceptors (Lipinski definition) is 13. The Balaban J connectivity index is 0.000000273. The van der Waals surface area contributed by atoms with E-state index in [9.17, 15) is 38.5 Å². The largest absolute Gasteiger partial charge is 0.453 e. The molecule has 12 rings (SSSR count). The minimum Gasteiger partial charge on any atom is -0.453 e. The van der Waals surface area contributed by atoms with E-state index in [1.807, 2.05) is 143 Å².